The van der Waals surface area contributed by atoms with Crippen LogP contribution in [0.5, 0.6) is 0 Å². The molecule has 0 spiro atoms. The standard InChI is InChI=1S/C10H14NO2P/c1-11-10(14-13)7-9(12)8-5-3-2-4-6-8/h2-6,9-12H,7H2,1H3. The second kappa shape index (κ2) is 5.86. The maximum atomic E-state index is 10.6. The number of nitrogens with one attached hydrogen (secondary N) is 1. The van der Waals surface area contributed by atoms with Crippen molar-refractivity contribution < 1.29 is 9.67 Å². The van der Waals surface area contributed by atoms with E-state index < -0.39 is 6.10 Å². The highest BCUT2D eigenvalue weighted by molar-refractivity contribution is 7.24. The average molecular weight is 211 g/mol. The minimum Gasteiger partial charge on any atom is -0.388 e. The molecule has 4 heteroatoms. The first-order valence-corrected chi connectivity index (χ1v) is 5.39. The molecule has 1 aromatic rings. The van der Waals surface area contributed by atoms with Gasteiger partial charge in [-0.15, -0.1) is 0 Å². The smallest absolute Gasteiger partial charge is 0.174 e. The molecular formula is C10H14NO2P. The summed E-state index contributed by atoms with van der Waals surface area (Å²) in [5.41, 5.74) is 0.858. The minimum atomic E-state index is -0.560. The summed E-state index contributed by atoms with van der Waals surface area (Å²) < 4.78 is 10.6. The number of rotatable bonds is 5. The monoisotopic (exact) mass is 211 g/mol. The SMILES string of the molecule is CNC(CC(O)c1ccccc1)P=O. The van der Waals surface area contributed by atoms with Gasteiger partial charge in [-0.3, -0.25) is 4.57 Å². The molecule has 2 atom stereocenters. The van der Waals surface area contributed by atoms with E-state index in [1.807, 2.05) is 30.3 Å². The second-order valence-electron chi connectivity index (χ2n) is 3.07. The maximum Gasteiger partial charge on any atom is 0.174 e. The highest BCUT2D eigenvalue weighted by Gasteiger charge is 2.13. The van der Waals surface area contributed by atoms with Crippen molar-refractivity contribution >= 4 is 8.46 Å². The van der Waals surface area contributed by atoms with Crippen LogP contribution >= 0.6 is 8.46 Å². The number of hydrogen-bond acceptors (Lipinski definition) is 3. The van der Waals surface area contributed by atoms with Crippen molar-refractivity contribution in [2.24, 2.45) is 0 Å². The molecule has 2 N–H and O–H groups in total. The van der Waals surface area contributed by atoms with Crippen molar-refractivity contribution in [1.29, 1.82) is 0 Å². The predicted molar refractivity (Wildman–Crippen MR) is 56.5 cm³/mol. The van der Waals surface area contributed by atoms with E-state index in [0.29, 0.717) is 6.42 Å². The van der Waals surface area contributed by atoms with Gasteiger partial charge in [0.05, 0.1) is 11.9 Å². The molecule has 3 nitrogen and oxygen atoms in total. The van der Waals surface area contributed by atoms with E-state index in [9.17, 15) is 9.67 Å². The summed E-state index contributed by atoms with van der Waals surface area (Å²) >= 11 is 0. The number of aliphatic hydroxyl groups is 1. The van der Waals surface area contributed by atoms with Crippen LogP contribution in [0.25, 0.3) is 0 Å². The molecule has 14 heavy (non-hydrogen) atoms. The van der Waals surface area contributed by atoms with Gasteiger partial charge in [0.15, 0.2) is 8.46 Å². The van der Waals surface area contributed by atoms with Crippen molar-refractivity contribution in [2.45, 2.75) is 18.3 Å². The zero-order valence-electron chi connectivity index (χ0n) is 8.05. The molecule has 0 aliphatic heterocycles. The minimum absolute atomic E-state index is 0.0186. The Morgan fingerprint density at radius 2 is 2.07 bits per heavy atom. The van der Waals surface area contributed by atoms with E-state index in [1.165, 1.54) is 0 Å². The third-order valence-electron chi connectivity index (χ3n) is 2.09. The first kappa shape index (κ1) is 11.3. The van der Waals surface area contributed by atoms with Crippen LogP contribution in [0.4, 0.5) is 0 Å². The summed E-state index contributed by atoms with van der Waals surface area (Å²) in [6.07, 6.45) is -0.110. The third kappa shape index (κ3) is 3.18. The van der Waals surface area contributed by atoms with Gasteiger partial charge in [-0.25, -0.2) is 0 Å². The quantitative estimate of drug-likeness (QED) is 0.732. The van der Waals surface area contributed by atoms with E-state index in [-0.39, 0.29) is 14.2 Å². The lowest BCUT2D eigenvalue weighted by Crippen LogP contribution is -2.21. The molecule has 0 amide bonds. The molecule has 1 aromatic carbocycles. The van der Waals surface area contributed by atoms with E-state index in [1.54, 1.807) is 7.05 Å². The van der Waals surface area contributed by atoms with Gasteiger partial charge < -0.3 is 10.4 Å². The Labute approximate surface area is 85.4 Å². The van der Waals surface area contributed by atoms with Crippen LogP contribution in [0.15, 0.2) is 30.3 Å². The lowest BCUT2D eigenvalue weighted by molar-refractivity contribution is 0.163. The fraction of sp³-hybridized carbons (Fsp3) is 0.400. The lowest BCUT2D eigenvalue weighted by atomic mass is 10.1. The molecule has 0 saturated carbocycles. The zero-order chi connectivity index (χ0) is 10.4. The van der Waals surface area contributed by atoms with Crippen molar-refractivity contribution in [3.05, 3.63) is 35.9 Å². The molecule has 2 unspecified atom stereocenters. The topological polar surface area (TPSA) is 49.3 Å². The summed E-state index contributed by atoms with van der Waals surface area (Å²) in [4.78, 5) is 0. The molecule has 0 heterocycles. The Hall–Kier alpha value is -0.760. The number of hydrogen-bond donors (Lipinski definition) is 2. The fourth-order valence-corrected chi connectivity index (χ4v) is 1.63. The zero-order valence-corrected chi connectivity index (χ0v) is 8.95. The Morgan fingerprint density at radius 1 is 1.43 bits per heavy atom. The molecule has 0 bridgehead atoms. The normalized spacial score (nSPS) is 15.3. The summed E-state index contributed by atoms with van der Waals surface area (Å²) in [5.74, 6) is -0.190. The van der Waals surface area contributed by atoms with Gasteiger partial charge in [0, 0.05) is 6.42 Å². The van der Waals surface area contributed by atoms with Gasteiger partial charge in [0.1, 0.15) is 0 Å². The van der Waals surface area contributed by atoms with Gasteiger partial charge in [0.25, 0.3) is 0 Å². The Kier molecular flexibility index (Phi) is 4.74. The molecule has 76 valence electrons. The largest absolute Gasteiger partial charge is 0.388 e. The highest BCUT2D eigenvalue weighted by Crippen LogP contribution is 2.21. The summed E-state index contributed by atoms with van der Waals surface area (Å²) in [7, 11) is 1.75. The lowest BCUT2D eigenvalue weighted by Gasteiger charge is -2.14. The second-order valence-corrected chi connectivity index (χ2v) is 3.91. The molecule has 0 aromatic heterocycles. The summed E-state index contributed by atoms with van der Waals surface area (Å²) in [5, 5.41) is 12.6. The maximum absolute atomic E-state index is 10.6. The molecule has 0 saturated heterocycles. The van der Waals surface area contributed by atoms with E-state index in [2.05, 4.69) is 5.32 Å². The van der Waals surface area contributed by atoms with Gasteiger partial charge in [-0.05, 0) is 12.6 Å². The molecule has 0 aliphatic rings. The highest BCUT2D eigenvalue weighted by atomic mass is 31.1. The van der Waals surface area contributed by atoms with Crippen LogP contribution in [-0.4, -0.2) is 17.9 Å². The number of aliphatic hydroxyl groups excluding tert-OH is 1. The van der Waals surface area contributed by atoms with Crippen LogP contribution in [0.3, 0.4) is 0 Å². The summed E-state index contributed by atoms with van der Waals surface area (Å²) in [6, 6.07) is 9.37. The van der Waals surface area contributed by atoms with Crippen molar-refractivity contribution in [3.8, 4) is 0 Å². The molecule has 0 aliphatic carbocycles. The first-order chi connectivity index (χ1) is 6.77. The molecule has 0 fully saturated rings. The van der Waals surface area contributed by atoms with Crippen molar-refractivity contribution in [2.75, 3.05) is 7.05 Å². The predicted octanol–water partition coefficient (Wildman–Crippen LogP) is 1.95. The Bertz CT molecular complexity index is 279. The van der Waals surface area contributed by atoms with Crippen LogP contribution in [0, 0.1) is 0 Å². The van der Waals surface area contributed by atoms with E-state index in [4.69, 9.17) is 0 Å². The number of benzene rings is 1. The average Bonchev–Trinajstić information content (AvgIpc) is 2.26. The van der Waals surface area contributed by atoms with Crippen molar-refractivity contribution in [3.63, 3.8) is 0 Å². The molecular weight excluding hydrogens is 197 g/mol. The Morgan fingerprint density at radius 3 is 2.57 bits per heavy atom. The third-order valence-corrected chi connectivity index (χ3v) is 2.81. The van der Waals surface area contributed by atoms with Crippen molar-refractivity contribution in [1.82, 2.24) is 5.32 Å². The first-order valence-electron chi connectivity index (χ1n) is 4.50. The van der Waals surface area contributed by atoms with E-state index >= 15 is 0 Å². The molecule has 0 radical (unpaired) electrons. The fourth-order valence-electron chi connectivity index (χ4n) is 1.24. The van der Waals surface area contributed by atoms with Gasteiger partial charge in [-0.1, -0.05) is 30.3 Å². The van der Waals surface area contributed by atoms with Crippen LogP contribution < -0.4 is 5.32 Å². The Balaban J connectivity index is 2.58. The summed E-state index contributed by atoms with van der Waals surface area (Å²) in [6.45, 7) is 0. The van der Waals surface area contributed by atoms with Crippen LogP contribution in [0.2, 0.25) is 0 Å². The van der Waals surface area contributed by atoms with Crippen LogP contribution in [0.1, 0.15) is 18.1 Å². The van der Waals surface area contributed by atoms with Gasteiger partial charge in [-0.2, -0.15) is 0 Å². The van der Waals surface area contributed by atoms with E-state index in [0.717, 1.165) is 5.56 Å². The van der Waals surface area contributed by atoms with Gasteiger partial charge in [0.2, 0.25) is 0 Å². The molecule has 1 rings (SSSR count). The van der Waals surface area contributed by atoms with Gasteiger partial charge >= 0.3 is 0 Å². The van der Waals surface area contributed by atoms with Crippen LogP contribution in [-0.2, 0) is 4.57 Å².